The molecular formula is C22H27N5O2. The Morgan fingerprint density at radius 3 is 2.03 bits per heavy atom. The van der Waals surface area contributed by atoms with Crippen molar-refractivity contribution in [3.8, 4) is 0 Å². The Balaban J connectivity index is 1.34. The zero-order valence-electron chi connectivity index (χ0n) is 16.8. The van der Waals surface area contributed by atoms with Crippen LogP contribution in [-0.4, -0.2) is 61.0 Å². The van der Waals surface area contributed by atoms with E-state index in [9.17, 15) is 9.59 Å². The molecule has 2 fully saturated rings. The third-order valence-electron chi connectivity index (χ3n) is 5.67. The molecule has 0 atom stereocenters. The molecule has 1 aromatic heterocycles. The molecular weight excluding hydrogens is 366 g/mol. The van der Waals surface area contributed by atoms with Crippen LogP contribution >= 0.6 is 0 Å². The van der Waals surface area contributed by atoms with Gasteiger partial charge >= 0.3 is 0 Å². The van der Waals surface area contributed by atoms with Gasteiger partial charge in [0.25, 0.3) is 5.91 Å². The van der Waals surface area contributed by atoms with Gasteiger partial charge in [0.15, 0.2) is 0 Å². The normalized spacial score (nSPS) is 16.8. The van der Waals surface area contributed by atoms with E-state index in [-0.39, 0.29) is 11.8 Å². The molecule has 0 unspecified atom stereocenters. The van der Waals surface area contributed by atoms with Crippen LogP contribution in [0.3, 0.4) is 0 Å². The second-order valence-electron chi connectivity index (χ2n) is 7.59. The van der Waals surface area contributed by atoms with Gasteiger partial charge < -0.3 is 20.0 Å². The van der Waals surface area contributed by atoms with Crippen LogP contribution in [0.15, 0.2) is 42.6 Å². The van der Waals surface area contributed by atoms with Crippen LogP contribution in [0.1, 0.15) is 30.3 Å². The van der Waals surface area contributed by atoms with Crippen LogP contribution in [0.5, 0.6) is 0 Å². The largest absolute Gasteiger partial charge is 0.372 e. The number of hydrogen-bond acceptors (Lipinski definition) is 5. The number of rotatable bonds is 4. The summed E-state index contributed by atoms with van der Waals surface area (Å²) >= 11 is 0. The highest BCUT2D eigenvalue weighted by atomic mass is 16.2. The zero-order valence-corrected chi connectivity index (χ0v) is 16.8. The molecule has 3 heterocycles. The molecule has 0 radical (unpaired) electrons. The van der Waals surface area contributed by atoms with Crippen molar-refractivity contribution >= 4 is 28.9 Å². The molecule has 0 bridgehead atoms. The average molecular weight is 393 g/mol. The fourth-order valence-corrected chi connectivity index (χ4v) is 3.91. The highest BCUT2D eigenvalue weighted by Gasteiger charge is 2.19. The molecule has 4 rings (SSSR count). The maximum atomic E-state index is 12.5. The fourth-order valence-electron chi connectivity index (χ4n) is 3.91. The summed E-state index contributed by atoms with van der Waals surface area (Å²) in [6.07, 6.45) is 4.22. The molecule has 0 spiro atoms. The Morgan fingerprint density at radius 2 is 1.45 bits per heavy atom. The summed E-state index contributed by atoms with van der Waals surface area (Å²) in [6.45, 7) is 6.78. The minimum atomic E-state index is -0.216. The van der Waals surface area contributed by atoms with Crippen molar-refractivity contribution in [2.24, 2.45) is 0 Å². The van der Waals surface area contributed by atoms with Gasteiger partial charge in [-0.2, -0.15) is 0 Å². The van der Waals surface area contributed by atoms with Gasteiger partial charge in [0.2, 0.25) is 5.91 Å². The second-order valence-corrected chi connectivity index (χ2v) is 7.59. The third kappa shape index (κ3) is 4.50. The van der Waals surface area contributed by atoms with E-state index in [1.54, 1.807) is 19.2 Å². The predicted octanol–water partition coefficient (Wildman–Crippen LogP) is 2.60. The molecule has 1 aromatic carbocycles. The fraction of sp³-hybridized carbons (Fsp3) is 0.409. The molecule has 2 saturated heterocycles. The van der Waals surface area contributed by atoms with Gasteiger partial charge in [-0.3, -0.25) is 9.59 Å². The van der Waals surface area contributed by atoms with Crippen molar-refractivity contribution in [3.63, 3.8) is 0 Å². The number of hydrogen-bond donors (Lipinski definition) is 1. The summed E-state index contributed by atoms with van der Waals surface area (Å²) in [5.41, 5.74) is 3.33. The molecule has 7 heteroatoms. The van der Waals surface area contributed by atoms with E-state index >= 15 is 0 Å². The Kier molecular flexibility index (Phi) is 5.64. The molecule has 0 aliphatic carbocycles. The minimum Gasteiger partial charge on any atom is -0.372 e. The Labute approximate surface area is 171 Å². The van der Waals surface area contributed by atoms with Crippen molar-refractivity contribution in [3.05, 3.63) is 48.3 Å². The lowest BCUT2D eigenvalue weighted by molar-refractivity contribution is -0.129. The molecule has 2 aromatic rings. The van der Waals surface area contributed by atoms with Gasteiger partial charge in [0.1, 0.15) is 5.69 Å². The van der Waals surface area contributed by atoms with Crippen molar-refractivity contribution in [2.45, 2.75) is 19.8 Å². The summed E-state index contributed by atoms with van der Waals surface area (Å²) in [5, 5.41) is 2.92. The van der Waals surface area contributed by atoms with Crippen LogP contribution in [0.25, 0.3) is 0 Å². The van der Waals surface area contributed by atoms with Gasteiger partial charge in [0.05, 0.1) is 11.9 Å². The predicted molar refractivity (Wildman–Crippen MR) is 115 cm³/mol. The highest BCUT2D eigenvalue weighted by Crippen LogP contribution is 2.22. The van der Waals surface area contributed by atoms with Crippen LogP contribution in [-0.2, 0) is 4.79 Å². The molecule has 7 nitrogen and oxygen atoms in total. The number of carbonyl (C=O) groups excluding carboxylic acids is 2. The number of nitrogens with one attached hydrogen (secondary N) is 1. The van der Waals surface area contributed by atoms with Crippen LogP contribution < -0.4 is 15.1 Å². The lowest BCUT2D eigenvalue weighted by Crippen LogP contribution is -2.48. The van der Waals surface area contributed by atoms with Crippen molar-refractivity contribution in [1.82, 2.24) is 9.88 Å². The summed E-state index contributed by atoms with van der Waals surface area (Å²) in [7, 11) is 0. The van der Waals surface area contributed by atoms with Gasteiger partial charge in [-0.05, 0) is 49.2 Å². The second kappa shape index (κ2) is 8.51. The van der Waals surface area contributed by atoms with E-state index < -0.39 is 0 Å². The summed E-state index contributed by atoms with van der Waals surface area (Å²) in [6, 6.07) is 11.7. The van der Waals surface area contributed by atoms with Gasteiger partial charge in [-0.15, -0.1) is 0 Å². The van der Waals surface area contributed by atoms with Gasteiger partial charge in [-0.1, -0.05) is 0 Å². The molecule has 2 amide bonds. The SMILES string of the molecule is CC(=O)N1CCN(c2ccc(C(=O)Nc3ccc(N4CCCC4)cc3)nc2)CC1. The Bertz CT molecular complexity index is 852. The quantitative estimate of drug-likeness (QED) is 0.865. The van der Waals surface area contributed by atoms with Crippen molar-refractivity contribution < 1.29 is 9.59 Å². The van der Waals surface area contributed by atoms with Crippen LogP contribution in [0.4, 0.5) is 17.1 Å². The van der Waals surface area contributed by atoms with E-state index in [4.69, 9.17) is 0 Å². The summed E-state index contributed by atoms with van der Waals surface area (Å²) in [5.74, 6) is -0.102. The van der Waals surface area contributed by atoms with E-state index in [2.05, 4.69) is 32.2 Å². The lowest BCUT2D eigenvalue weighted by atomic mass is 10.2. The van der Waals surface area contributed by atoms with E-state index in [1.165, 1.54) is 18.5 Å². The Morgan fingerprint density at radius 1 is 0.828 bits per heavy atom. The van der Waals surface area contributed by atoms with Crippen LogP contribution in [0.2, 0.25) is 0 Å². The molecule has 2 aliphatic rings. The van der Waals surface area contributed by atoms with Crippen molar-refractivity contribution in [1.29, 1.82) is 0 Å². The summed E-state index contributed by atoms with van der Waals surface area (Å²) < 4.78 is 0. The monoisotopic (exact) mass is 393 g/mol. The van der Waals surface area contributed by atoms with Crippen molar-refractivity contribution in [2.75, 3.05) is 54.4 Å². The molecule has 152 valence electrons. The lowest BCUT2D eigenvalue weighted by Gasteiger charge is -2.35. The number of carbonyl (C=O) groups is 2. The minimum absolute atomic E-state index is 0.114. The first-order chi connectivity index (χ1) is 14.1. The molecule has 0 saturated carbocycles. The average Bonchev–Trinajstić information content (AvgIpc) is 3.29. The number of aromatic nitrogens is 1. The maximum absolute atomic E-state index is 12.5. The number of piperazine rings is 1. The number of nitrogens with zero attached hydrogens (tertiary/aromatic N) is 4. The van der Waals surface area contributed by atoms with E-state index in [0.717, 1.165) is 37.6 Å². The highest BCUT2D eigenvalue weighted by molar-refractivity contribution is 6.03. The Hall–Kier alpha value is -3.09. The number of pyridine rings is 1. The molecule has 1 N–H and O–H groups in total. The first kappa shape index (κ1) is 19.2. The van der Waals surface area contributed by atoms with Gasteiger partial charge in [0, 0.05) is 57.6 Å². The smallest absolute Gasteiger partial charge is 0.274 e. The first-order valence-electron chi connectivity index (χ1n) is 10.2. The molecule has 29 heavy (non-hydrogen) atoms. The van der Waals surface area contributed by atoms with E-state index in [1.807, 2.05) is 23.1 Å². The number of amides is 2. The van der Waals surface area contributed by atoms with E-state index in [0.29, 0.717) is 18.8 Å². The zero-order chi connectivity index (χ0) is 20.2. The third-order valence-corrected chi connectivity index (χ3v) is 5.67. The number of benzene rings is 1. The van der Waals surface area contributed by atoms with Crippen LogP contribution in [0, 0.1) is 0 Å². The summed E-state index contributed by atoms with van der Waals surface area (Å²) in [4.78, 5) is 34.7. The number of anilines is 3. The maximum Gasteiger partial charge on any atom is 0.274 e. The van der Waals surface area contributed by atoms with Gasteiger partial charge in [-0.25, -0.2) is 4.98 Å². The first-order valence-corrected chi connectivity index (χ1v) is 10.2. The molecule has 2 aliphatic heterocycles. The standard InChI is InChI=1S/C22H27N5O2/c1-17(28)25-12-14-27(15-13-25)20-8-9-21(23-16-20)22(29)24-18-4-6-19(7-5-18)26-10-2-3-11-26/h4-9,16H,2-3,10-15H2,1H3,(H,24,29). The topological polar surface area (TPSA) is 68.8 Å².